The van der Waals surface area contributed by atoms with Gasteiger partial charge in [0.15, 0.2) is 10.3 Å². The van der Waals surface area contributed by atoms with Crippen LogP contribution in [0.5, 0.6) is 0 Å². The molecule has 5 nitrogen and oxygen atoms in total. The number of nitrogens with two attached hydrogens (primary N) is 1. The molecule has 1 aromatic carbocycles. The highest BCUT2D eigenvalue weighted by Gasteiger charge is 2.14. The predicted octanol–water partition coefficient (Wildman–Crippen LogP) is 2.65. The Hall–Kier alpha value is -1.63. The number of benzene rings is 1. The van der Waals surface area contributed by atoms with Crippen LogP contribution in [0, 0.1) is 6.92 Å². The van der Waals surface area contributed by atoms with Crippen LogP contribution in [0.4, 0.5) is 0 Å². The minimum atomic E-state index is 0.0601. The van der Waals surface area contributed by atoms with Crippen molar-refractivity contribution in [3.05, 3.63) is 46.0 Å². The Morgan fingerprint density at radius 2 is 2.05 bits per heavy atom. The van der Waals surface area contributed by atoms with Crippen molar-refractivity contribution in [3.63, 3.8) is 0 Å². The Kier molecular flexibility index (Phi) is 4.59. The van der Waals surface area contributed by atoms with Crippen LogP contribution in [-0.2, 0) is 0 Å². The maximum absolute atomic E-state index is 6.10. The lowest BCUT2D eigenvalue weighted by Crippen LogP contribution is -2.24. The molecule has 2 aromatic rings. The van der Waals surface area contributed by atoms with Gasteiger partial charge < -0.3 is 5.73 Å². The van der Waals surface area contributed by atoms with Crippen LogP contribution < -0.4 is 11.2 Å². The van der Waals surface area contributed by atoms with Gasteiger partial charge in [-0.25, -0.2) is 4.98 Å². The summed E-state index contributed by atoms with van der Waals surface area (Å²) >= 11 is 16.8. The normalized spacial score (nSPS) is 10.9. The van der Waals surface area contributed by atoms with Crippen LogP contribution in [0.15, 0.2) is 29.4 Å². The molecule has 2 rings (SSSR count). The van der Waals surface area contributed by atoms with Crippen molar-refractivity contribution in [1.29, 1.82) is 0 Å². The van der Waals surface area contributed by atoms with E-state index in [1.807, 2.05) is 31.2 Å². The number of thiocarbonyl (C=S) groups is 1. The maximum Gasteiger partial charge on any atom is 0.209 e. The highest BCUT2D eigenvalue weighted by Crippen LogP contribution is 2.24. The van der Waals surface area contributed by atoms with Gasteiger partial charge in [-0.2, -0.15) is 5.10 Å². The van der Waals surface area contributed by atoms with Gasteiger partial charge in [0, 0.05) is 5.69 Å². The molecule has 0 aliphatic carbocycles. The quantitative estimate of drug-likeness (QED) is 0.516. The van der Waals surface area contributed by atoms with E-state index in [1.165, 1.54) is 6.21 Å². The zero-order chi connectivity index (χ0) is 14.7. The van der Waals surface area contributed by atoms with Crippen LogP contribution >= 0.6 is 35.4 Å². The standard InChI is InChI=1S/C12H11Cl2N5S/c1-7-2-4-8(5-3-7)19-9(6-16-18-12(15)20)10(13)17-11(19)14/h2-6H,1H3,(H3,15,18,20). The van der Waals surface area contributed by atoms with Gasteiger partial charge in [-0.3, -0.25) is 9.99 Å². The lowest BCUT2D eigenvalue weighted by molar-refractivity contribution is 1.02. The van der Waals surface area contributed by atoms with Crippen molar-refractivity contribution in [1.82, 2.24) is 15.0 Å². The maximum atomic E-state index is 6.10. The van der Waals surface area contributed by atoms with E-state index in [-0.39, 0.29) is 15.5 Å². The minimum Gasteiger partial charge on any atom is -0.375 e. The van der Waals surface area contributed by atoms with Gasteiger partial charge in [-0.1, -0.05) is 29.3 Å². The number of aryl methyl sites for hydroxylation is 1. The number of imidazole rings is 1. The molecule has 0 fully saturated rings. The van der Waals surface area contributed by atoms with Crippen molar-refractivity contribution in [3.8, 4) is 5.69 Å². The first kappa shape index (κ1) is 14.8. The summed E-state index contributed by atoms with van der Waals surface area (Å²) in [5, 5.41) is 4.42. The third-order valence-electron chi connectivity index (χ3n) is 2.48. The monoisotopic (exact) mass is 327 g/mol. The van der Waals surface area contributed by atoms with Gasteiger partial charge in [0.2, 0.25) is 5.28 Å². The molecule has 1 heterocycles. The molecular weight excluding hydrogens is 317 g/mol. The summed E-state index contributed by atoms with van der Waals surface area (Å²) in [6.45, 7) is 2.00. The number of aromatic nitrogens is 2. The molecule has 0 aliphatic rings. The summed E-state index contributed by atoms with van der Waals surface area (Å²) < 4.78 is 1.67. The topological polar surface area (TPSA) is 68.2 Å². The molecule has 0 bridgehead atoms. The second kappa shape index (κ2) is 6.21. The molecule has 0 radical (unpaired) electrons. The molecule has 0 saturated carbocycles. The van der Waals surface area contributed by atoms with Crippen molar-refractivity contribution < 1.29 is 0 Å². The number of hydrogen-bond acceptors (Lipinski definition) is 3. The fraction of sp³-hybridized carbons (Fsp3) is 0.0833. The van der Waals surface area contributed by atoms with E-state index < -0.39 is 0 Å². The van der Waals surface area contributed by atoms with Crippen molar-refractivity contribution in [2.75, 3.05) is 0 Å². The van der Waals surface area contributed by atoms with Crippen molar-refractivity contribution in [2.45, 2.75) is 6.92 Å². The summed E-state index contributed by atoms with van der Waals surface area (Å²) in [4.78, 5) is 4.02. The summed E-state index contributed by atoms with van der Waals surface area (Å²) in [5.74, 6) is 0. The van der Waals surface area contributed by atoms with Gasteiger partial charge in [0.05, 0.1) is 6.21 Å². The SMILES string of the molecule is Cc1ccc(-n2c(Cl)nc(Cl)c2C=NNC(N)=S)cc1. The second-order valence-electron chi connectivity index (χ2n) is 3.96. The van der Waals surface area contributed by atoms with Crippen LogP contribution in [-0.4, -0.2) is 20.9 Å². The summed E-state index contributed by atoms with van der Waals surface area (Å²) in [6.07, 6.45) is 1.46. The zero-order valence-corrected chi connectivity index (χ0v) is 12.8. The fourth-order valence-corrected chi connectivity index (χ4v) is 2.17. The first-order chi connectivity index (χ1) is 9.49. The number of hydrogen-bond donors (Lipinski definition) is 2. The first-order valence-electron chi connectivity index (χ1n) is 5.58. The van der Waals surface area contributed by atoms with Crippen LogP contribution in [0.2, 0.25) is 10.4 Å². The Morgan fingerprint density at radius 1 is 1.40 bits per heavy atom. The molecule has 1 aromatic heterocycles. The van der Waals surface area contributed by atoms with E-state index in [1.54, 1.807) is 4.57 Å². The van der Waals surface area contributed by atoms with Crippen LogP contribution in [0.3, 0.4) is 0 Å². The van der Waals surface area contributed by atoms with Crippen molar-refractivity contribution in [2.24, 2.45) is 10.8 Å². The third-order valence-corrected chi connectivity index (χ3v) is 3.10. The van der Waals surface area contributed by atoms with Gasteiger partial charge >= 0.3 is 0 Å². The van der Waals surface area contributed by atoms with E-state index in [0.717, 1.165) is 11.3 Å². The Morgan fingerprint density at radius 3 is 2.65 bits per heavy atom. The van der Waals surface area contributed by atoms with Crippen molar-refractivity contribution >= 4 is 46.7 Å². The number of nitrogens with one attached hydrogen (secondary N) is 1. The molecule has 0 aliphatic heterocycles. The number of halogens is 2. The highest BCUT2D eigenvalue weighted by molar-refractivity contribution is 7.80. The van der Waals surface area contributed by atoms with Crippen LogP contribution in [0.25, 0.3) is 5.69 Å². The van der Waals surface area contributed by atoms with E-state index in [0.29, 0.717) is 5.69 Å². The molecule has 0 unspecified atom stereocenters. The van der Waals surface area contributed by atoms with Gasteiger partial charge in [0.1, 0.15) is 5.69 Å². The summed E-state index contributed by atoms with van der Waals surface area (Å²) in [5.41, 5.74) is 10.2. The van der Waals surface area contributed by atoms with Crippen LogP contribution in [0.1, 0.15) is 11.3 Å². The fourth-order valence-electron chi connectivity index (χ4n) is 1.59. The van der Waals surface area contributed by atoms with Gasteiger partial charge in [-0.15, -0.1) is 0 Å². The molecule has 20 heavy (non-hydrogen) atoms. The number of nitrogens with zero attached hydrogens (tertiary/aromatic N) is 3. The average molecular weight is 328 g/mol. The van der Waals surface area contributed by atoms with Gasteiger partial charge in [0.25, 0.3) is 0 Å². The van der Waals surface area contributed by atoms with E-state index in [2.05, 4.69) is 27.7 Å². The molecule has 0 atom stereocenters. The predicted molar refractivity (Wildman–Crippen MR) is 85.8 cm³/mol. The third kappa shape index (κ3) is 3.27. The smallest absolute Gasteiger partial charge is 0.209 e. The Labute approximate surface area is 131 Å². The Balaban J connectivity index is 2.44. The molecule has 8 heteroatoms. The van der Waals surface area contributed by atoms with E-state index >= 15 is 0 Å². The molecule has 0 saturated heterocycles. The average Bonchev–Trinajstić information content (AvgIpc) is 2.65. The molecule has 104 valence electrons. The molecule has 0 spiro atoms. The lowest BCUT2D eigenvalue weighted by atomic mass is 10.2. The second-order valence-corrected chi connectivity index (χ2v) is 5.10. The van der Waals surface area contributed by atoms with Gasteiger partial charge in [-0.05, 0) is 42.9 Å². The summed E-state index contributed by atoms with van der Waals surface area (Å²) in [6, 6.07) is 7.76. The zero-order valence-electron chi connectivity index (χ0n) is 10.5. The largest absolute Gasteiger partial charge is 0.375 e. The Bertz CT molecular complexity index is 663. The number of rotatable bonds is 3. The first-order valence-corrected chi connectivity index (χ1v) is 6.74. The lowest BCUT2D eigenvalue weighted by Gasteiger charge is -2.07. The minimum absolute atomic E-state index is 0.0601. The molecule has 3 N–H and O–H groups in total. The molecule has 0 amide bonds. The number of hydrazone groups is 1. The summed E-state index contributed by atoms with van der Waals surface area (Å²) in [7, 11) is 0. The van der Waals surface area contributed by atoms with E-state index in [9.17, 15) is 0 Å². The molecular formula is C12H11Cl2N5S. The highest BCUT2D eigenvalue weighted by atomic mass is 35.5. The van der Waals surface area contributed by atoms with E-state index in [4.69, 9.17) is 28.9 Å².